The molecule has 1 fully saturated rings. The number of benzene rings is 2. The minimum Gasteiger partial charge on any atom is -0.361 e. The lowest BCUT2D eigenvalue weighted by Gasteiger charge is -2.27. The van der Waals surface area contributed by atoms with Crippen LogP contribution in [0.2, 0.25) is 0 Å². The predicted octanol–water partition coefficient (Wildman–Crippen LogP) is 3.11. The Bertz CT molecular complexity index is 890. The van der Waals surface area contributed by atoms with Crippen molar-refractivity contribution in [1.29, 1.82) is 0 Å². The highest BCUT2D eigenvalue weighted by atomic mass is 19.1. The quantitative estimate of drug-likeness (QED) is 0.778. The lowest BCUT2D eigenvalue weighted by molar-refractivity contribution is -0.129. The van der Waals surface area contributed by atoms with E-state index in [0.717, 1.165) is 22.0 Å². The topological polar surface area (TPSA) is 62.1 Å². The SMILES string of the molecule is N[C@@H]1CC(=O)N(Cc2cc(F)cc3[nH]ccc23)[C@H]1c1ccccc1. The Hall–Kier alpha value is -2.66. The van der Waals surface area contributed by atoms with E-state index in [4.69, 9.17) is 5.73 Å². The Morgan fingerprint density at radius 3 is 2.79 bits per heavy atom. The van der Waals surface area contributed by atoms with E-state index in [1.54, 1.807) is 11.1 Å². The number of hydrogen-bond acceptors (Lipinski definition) is 2. The molecule has 1 aliphatic rings. The molecule has 2 heterocycles. The maximum absolute atomic E-state index is 13.9. The number of amides is 1. The van der Waals surface area contributed by atoms with Gasteiger partial charge in [-0.1, -0.05) is 30.3 Å². The van der Waals surface area contributed by atoms with Crippen LogP contribution >= 0.6 is 0 Å². The van der Waals surface area contributed by atoms with Gasteiger partial charge in [-0.2, -0.15) is 0 Å². The predicted molar refractivity (Wildman–Crippen MR) is 90.6 cm³/mol. The second-order valence-electron chi connectivity index (χ2n) is 6.25. The van der Waals surface area contributed by atoms with E-state index in [9.17, 15) is 9.18 Å². The maximum atomic E-state index is 13.9. The van der Waals surface area contributed by atoms with E-state index < -0.39 is 0 Å². The fourth-order valence-electron chi connectivity index (χ4n) is 3.60. The Morgan fingerprint density at radius 2 is 2.00 bits per heavy atom. The van der Waals surface area contributed by atoms with Crippen LogP contribution in [0.5, 0.6) is 0 Å². The third-order valence-electron chi connectivity index (χ3n) is 4.67. The van der Waals surface area contributed by atoms with Gasteiger partial charge in [0.15, 0.2) is 0 Å². The molecule has 0 aliphatic carbocycles. The number of aromatic nitrogens is 1. The molecule has 0 bridgehead atoms. The van der Waals surface area contributed by atoms with E-state index >= 15 is 0 Å². The van der Waals surface area contributed by atoms with E-state index in [-0.39, 0.29) is 23.8 Å². The van der Waals surface area contributed by atoms with Crippen molar-refractivity contribution < 1.29 is 9.18 Å². The van der Waals surface area contributed by atoms with E-state index in [1.807, 2.05) is 36.4 Å². The van der Waals surface area contributed by atoms with Gasteiger partial charge in [0.25, 0.3) is 0 Å². The number of carbonyl (C=O) groups is 1. The number of H-pyrrole nitrogens is 1. The largest absolute Gasteiger partial charge is 0.361 e. The lowest BCUT2D eigenvalue weighted by Crippen LogP contribution is -2.32. The van der Waals surface area contributed by atoms with Crippen LogP contribution in [0.25, 0.3) is 10.9 Å². The van der Waals surface area contributed by atoms with Crippen LogP contribution in [0.3, 0.4) is 0 Å². The first kappa shape index (κ1) is 14.9. The molecule has 5 heteroatoms. The molecule has 4 nitrogen and oxygen atoms in total. The molecule has 4 rings (SSSR count). The molecule has 2 aromatic carbocycles. The van der Waals surface area contributed by atoms with Gasteiger partial charge in [0.1, 0.15) is 5.82 Å². The van der Waals surface area contributed by atoms with Gasteiger partial charge < -0.3 is 15.6 Å². The summed E-state index contributed by atoms with van der Waals surface area (Å²) in [4.78, 5) is 17.3. The van der Waals surface area contributed by atoms with Crippen molar-refractivity contribution in [1.82, 2.24) is 9.88 Å². The molecular formula is C19H18FN3O. The molecule has 1 saturated heterocycles. The second kappa shape index (κ2) is 5.76. The molecule has 122 valence electrons. The molecule has 0 saturated carbocycles. The fourth-order valence-corrected chi connectivity index (χ4v) is 3.60. The molecule has 0 radical (unpaired) electrons. The van der Waals surface area contributed by atoms with Gasteiger partial charge in [-0.3, -0.25) is 4.79 Å². The zero-order valence-corrected chi connectivity index (χ0v) is 13.1. The van der Waals surface area contributed by atoms with Crippen molar-refractivity contribution in [2.45, 2.75) is 25.0 Å². The smallest absolute Gasteiger partial charge is 0.225 e. The van der Waals surface area contributed by atoms with Crippen LogP contribution in [0, 0.1) is 5.82 Å². The Morgan fingerprint density at radius 1 is 1.21 bits per heavy atom. The number of aromatic amines is 1. The van der Waals surface area contributed by atoms with Crippen LogP contribution in [-0.4, -0.2) is 21.8 Å². The van der Waals surface area contributed by atoms with Gasteiger partial charge in [-0.15, -0.1) is 0 Å². The number of likely N-dealkylation sites (tertiary alicyclic amines) is 1. The second-order valence-corrected chi connectivity index (χ2v) is 6.25. The van der Waals surface area contributed by atoms with E-state index in [2.05, 4.69) is 4.98 Å². The molecule has 1 aromatic heterocycles. The van der Waals surface area contributed by atoms with E-state index in [0.29, 0.717) is 13.0 Å². The summed E-state index contributed by atoms with van der Waals surface area (Å²) in [6.45, 7) is 0.345. The Kier molecular flexibility index (Phi) is 3.58. The molecule has 3 aromatic rings. The van der Waals surface area contributed by atoms with Crippen LogP contribution < -0.4 is 5.73 Å². The normalized spacial score (nSPS) is 20.9. The summed E-state index contributed by atoms with van der Waals surface area (Å²) in [5.74, 6) is -0.309. The van der Waals surface area contributed by atoms with Crippen molar-refractivity contribution in [3.8, 4) is 0 Å². The summed E-state index contributed by atoms with van der Waals surface area (Å²) in [7, 11) is 0. The number of rotatable bonds is 3. The molecule has 0 spiro atoms. The van der Waals surface area contributed by atoms with Crippen molar-refractivity contribution in [3.63, 3.8) is 0 Å². The molecule has 2 atom stereocenters. The number of hydrogen-bond donors (Lipinski definition) is 2. The molecular weight excluding hydrogens is 305 g/mol. The first-order chi connectivity index (χ1) is 11.6. The Labute approximate surface area is 139 Å². The first-order valence-electron chi connectivity index (χ1n) is 7.99. The van der Waals surface area contributed by atoms with Gasteiger partial charge >= 0.3 is 0 Å². The Balaban J connectivity index is 1.73. The average Bonchev–Trinajstić information content (AvgIpc) is 3.13. The van der Waals surface area contributed by atoms with Crippen LogP contribution in [0.15, 0.2) is 54.7 Å². The summed E-state index contributed by atoms with van der Waals surface area (Å²) in [5.41, 5.74) is 8.76. The summed E-state index contributed by atoms with van der Waals surface area (Å²) in [6.07, 6.45) is 2.09. The van der Waals surface area contributed by atoms with Gasteiger partial charge in [0.2, 0.25) is 5.91 Å². The number of nitrogens with zero attached hydrogens (tertiary/aromatic N) is 1. The summed E-state index contributed by atoms with van der Waals surface area (Å²) in [5, 5.41) is 0.927. The van der Waals surface area contributed by atoms with Gasteiger partial charge in [-0.05, 0) is 29.3 Å². The van der Waals surface area contributed by atoms with Crippen molar-refractivity contribution in [3.05, 3.63) is 71.7 Å². The number of nitrogens with two attached hydrogens (primary N) is 1. The van der Waals surface area contributed by atoms with Crippen molar-refractivity contribution in [2.75, 3.05) is 0 Å². The number of nitrogens with one attached hydrogen (secondary N) is 1. The minimum absolute atomic E-state index is 0.00398. The number of fused-ring (bicyclic) bond motifs is 1. The molecule has 1 amide bonds. The highest BCUT2D eigenvalue weighted by Gasteiger charge is 2.38. The highest BCUT2D eigenvalue weighted by Crippen LogP contribution is 2.34. The molecule has 24 heavy (non-hydrogen) atoms. The molecule has 3 N–H and O–H groups in total. The summed E-state index contributed by atoms with van der Waals surface area (Å²) >= 11 is 0. The van der Waals surface area contributed by atoms with Crippen molar-refractivity contribution in [2.24, 2.45) is 5.73 Å². The highest BCUT2D eigenvalue weighted by molar-refractivity contribution is 5.85. The van der Waals surface area contributed by atoms with Gasteiger partial charge in [0, 0.05) is 36.1 Å². The van der Waals surface area contributed by atoms with Gasteiger partial charge in [0.05, 0.1) is 6.04 Å². The molecule has 1 aliphatic heterocycles. The number of halogens is 1. The molecule has 0 unspecified atom stereocenters. The van der Waals surface area contributed by atoms with Crippen LogP contribution in [0.4, 0.5) is 4.39 Å². The number of carbonyl (C=O) groups excluding carboxylic acids is 1. The standard InChI is InChI=1S/C19H18FN3O/c20-14-8-13(15-6-7-22-17(15)9-14)11-23-18(24)10-16(21)19(23)12-4-2-1-3-5-12/h1-9,16,19,22H,10-11,21H2/t16-,19+/m1/s1. The average molecular weight is 323 g/mol. The maximum Gasteiger partial charge on any atom is 0.225 e. The fraction of sp³-hybridized carbons (Fsp3) is 0.211. The third kappa shape index (κ3) is 2.47. The van der Waals surface area contributed by atoms with Crippen LogP contribution in [-0.2, 0) is 11.3 Å². The minimum atomic E-state index is -0.313. The first-order valence-corrected chi connectivity index (χ1v) is 7.99. The van der Waals surface area contributed by atoms with Gasteiger partial charge in [-0.25, -0.2) is 4.39 Å². The summed E-state index contributed by atoms with van der Waals surface area (Å²) in [6, 6.07) is 14.2. The third-order valence-corrected chi connectivity index (χ3v) is 4.67. The zero-order valence-electron chi connectivity index (χ0n) is 13.1. The van der Waals surface area contributed by atoms with E-state index in [1.165, 1.54) is 12.1 Å². The lowest BCUT2D eigenvalue weighted by atomic mass is 10.00. The summed E-state index contributed by atoms with van der Waals surface area (Å²) < 4.78 is 13.9. The van der Waals surface area contributed by atoms with Crippen molar-refractivity contribution >= 4 is 16.8 Å². The zero-order chi connectivity index (χ0) is 16.7. The van der Waals surface area contributed by atoms with Crippen LogP contribution in [0.1, 0.15) is 23.6 Å². The monoisotopic (exact) mass is 323 g/mol.